The standard InChI is InChI=1S/C12H21N3OS/c1-5-13-11(16)14-7-6-10-15-9(8-17-10)12(2,3)4/h8H,5-7H2,1-4H3,(H2,13,14,16). The van der Waals surface area contributed by atoms with Crippen LogP contribution in [-0.4, -0.2) is 24.1 Å². The molecule has 0 saturated carbocycles. The molecule has 0 fully saturated rings. The Balaban J connectivity index is 2.38. The Morgan fingerprint density at radius 1 is 1.41 bits per heavy atom. The summed E-state index contributed by atoms with van der Waals surface area (Å²) < 4.78 is 0. The molecule has 0 atom stereocenters. The van der Waals surface area contributed by atoms with Crippen LogP contribution < -0.4 is 10.6 Å². The largest absolute Gasteiger partial charge is 0.338 e. The Hall–Kier alpha value is -1.10. The van der Waals surface area contributed by atoms with Crippen LogP contribution in [0.25, 0.3) is 0 Å². The van der Waals surface area contributed by atoms with Gasteiger partial charge in [-0.05, 0) is 6.92 Å². The second-order valence-corrected chi connectivity index (χ2v) is 5.86. The van der Waals surface area contributed by atoms with E-state index in [2.05, 4.69) is 41.8 Å². The van der Waals surface area contributed by atoms with Crippen LogP contribution in [-0.2, 0) is 11.8 Å². The Kier molecular flexibility index (Phi) is 4.93. The van der Waals surface area contributed by atoms with Crippen LogP contribution in [0.1, 0.15) is 38.4 Å². The number of nitrogens with one attached hydrogen (secondary N) is 2. The molecule has 1 aromatic heterocycles. The first-order chi connectivity index (χ1) is 7.93. The van der Waals surface area contributed by atoms with Crippen molar-refractivity contribution in [2.75, 3.05) is 13.1 Å². The summed E-state index contributed by atoms with van der Waals surface area (Å²) in [7, 11) is 0. The molecule has 0 spiro atoms. The third-order valence-corrected chi connectivity index (χ3v) is 3.19. The molecule has 0 aliphatic rings. The van der Waals surface area contributed by atoms with Crippen molar-refractivity contribution in [3.8, 4) is 0 Å². The number of urea groups is 1. The average molecular weight is 255 g/mol. The van der Waals surface area contributed by atoms with Crippen LogP contribution in [0.2, 0.25) is 0 Å². The molecule has 0 aliphatic carbocycles. The number of hydrogen-bond donors (Lipinski definition) is 2. The third-order valence-electron chi connectivity index (χ3n) is 2.28. The van der Waals surface area contributed by atoms with Gasteiger partial charge in [0.05, 0.1) is 10.7 Å². The maximum absolute atomic E-state index is 11.2. The van der Waals surface area contributed by atoms with Crippen molar-refractivity contribution in [2.24, 2.45) is 0 Å². The summed E-state index contributed by atoms with van der Waals surface area (Å²) in [5.41, 5.74) is 1.22. The smallest absolute Gasteiger partial charge is 0.314 e. The Labute approximate surface area is 107 Å². The van der Waals surface area contributed by atoms with Crippen LogP contribution >= 0.6 is 11.3 Å². The van der Waals surface area contributed by atoms with Gasteiger partial charge in [0.2, 0.25) is 0 Å². The lowest BCUT2D eigenvalue weighted by molar-refractivity contribution is 0.241. The van der Waals surface area contributed by atoms with Gasteiger partial charge in [-0.2, -0.15) is 0 Å². The minimum absolute atomic E-state index is 0.0990. The van der Waals surface area contributed by atoms with Crippen molar-refractivity contribution in [3.05, 3.63) is 16.1 Å². The van der Waals surface area contributed by atoms with Crippen molar-refractivity contribution in [1.29, 1.82) is 0 Å². The first-order valence-corrected chi connectivity index (χ1v) is 6.78. The molecule has 0 aromatic carbocycles. The molecule has 1 aromatic rings. The Morgan fingerprint density at radius 3 is 2.65 bits per heavy atom. The zero-order valence-corrected chi connectivity index (χ0v) is 11.8. The summed E-state index contributed by atoms with van der Waals surface area (Å²) in [6.07, 6.45) is 0.790. The molecule has 0 aliphatic heterocycles. The van der Waals surface area contributed by atoms with E-state index < -0.39 is 0 Å². The molecule has 0 bridgehead atoms. The molecule has 1 rings (SSSR count). The van der Waals surface area contributed by atoms with Gasteiger partial charge in [0.15, 0.2) is 0 Å². The molecular formula is C12H21N3OS. The van der Waals surface area contributed by atoms with Crippen LogP contribution in [0, 0.1) is 0 Å². The van der Waals surface area contributed by atoms with Gasteiger partial charge in [0, 0.05) is 30.3 Å². The summed E-state index contributed by atoms with van der Waals surface area (Å²) in [4.78, 5) is 15.7. The van der Waals surface area contributed by atoms with Gasteiger partial charge in [-0.15, -0.1) is 11.3 Å². The molecule has 2 amide bonds. The van der Waals surface area contributed by atoms with Crippen LogP contribution in [0.5, 0.6) is 0 Å². The van der Waals surface area contributed by atoms with E-state index in [1.807, 2.05) is 6.92 Å². The number of rotatable bonds is 4. The highest BCUT2D eigenvalue weighted by atomic mass is 32.1. The molecule has 5 heteroatoms. The molecule has 96 valence electrons. The molecular weight excluding hydrogens is 234 g/mol. The van der Waals surface area contributed by atoms with Crippen molar-refractivity contribution in [2.45, 2.75) is 39.5 Å². The summed E-state index contributed by atoms with van der Waals surface area (Å²) in [5.74, 6) is 0. The lowest BCUT2D eigenvalue weighted by atomic mass is 9.93. The minimum Gasteiger partial charge on any atom is -0.338 e. The summed E-state index contributed by atoms with van der Waals surface area (Å²) in [6, 6.07) is -0.111. The fourth-order valence-corrected chi connectivity index (χ4v) is 2.30. The molecule has 0 unspecified atom stereocenters. The van der Waals surface area contributed by atoms with Crippen LogP contribution in [0.15, 0.2) is 5.38 Å². The zero-order chi connectivity index (χ0) is 12.9. The van der Waals surface area contributed by atoms with E-state index in [1.165, 1.54) is 0 Å². The van der Waals surface area contributed by atoms with Crippen molar-refractivity contribution in [1.82, 2.24) is 15.6 Å². The molecule has 17 heavy (non-hydrogen) atoms. The van der Waals surface area contributed by atoms with E-state index in [9.17, 15) is 4.79 Å². The van der Waals surface area contributed by atoms with Gasteiger partial charge in [-0.1, -0.05) is 20.8 Å². The maximum atomic E-state index is 11.2. The molecule has 0 saturated heterocycles. The van der Waals surface area contributed by atoms with Crippen molar-refractivity contribution >= 4 is 17.4 Å². The quantitative estimate of drug-likeness (QED) is 0.867. The van der Waals surface area contributed by atoms with Crippen LogP contribution in [0.4, 0.5) is 4.79 Å². The van der Waals surface area contributed by atoms with E-state index >= 15 is 0 Å². The van der Waals surface area contributed by atoms with Crippen LogP contribution in [0.3, 0.4) is 0 Å². The fourth-order valence-electron chi connectivity index (χ4n) is 1.28. The number of hydrogen-bond acceptors (Lipinski definition) is 3. The van der Waals surface area contributed by atoms with Gasteiger partial charge >= 0.3 is 6.03 Å². The van der Waals surface area contributed by atoms with E-state index in [0.717, 1.165) is 17.1 Å². The number of amides is 2. The number of nitrogens with zero attached hydrogens (tertiary/aromatic N) is 1. The lowest BCUT2D eigenvalue weighted by Gasteiger charge is -2.14. The SMILES string of the molecule is CCNC(=O)NCCc1nc(C(C)(C)C)cs1. The second kappa shape index (κ2) is 6.00. The number of carbonyl (C=O) groups excluding carboxylic acids is 1. The van der Waals surface area contributed by atoms with E-state index in [4.69, 9.17) is 0 Å². The summed E-state index contributed by atoms with van der Waals surface area (Å²) >= 11 is 1.66. The van der Waals surface area contributed by atoms with E-state index in [-0.39, 0.29) is 11.4 Å². The average Bonchev–Trinajstić information content (AvgIpc) is 2.66. The summed E-state index contributed by atoms with van der Waals surface area (Å²) in [6.45, 7) is 9.63. The van der Waals surface area contributed by atoms with Gasteiger partial charge in [-0.3, -0.25) is 0 Å². The normalized spacial score (nSPS) is 11.3. The molecule has 2 N–H and O–H groups in total. The lowest BCUT2D eigenvalue weighted by Crippen LogP contribution is -2.36. The second-order valence-electron chi connectivity index (χ2n) is 4.91. The third kappa shape index (κ3) is 4.73. The van der Waals surface area contributed by atoms with E-state index in [0.29, 0.717) is 13.1 Å². The van der Waals surface area contributed by atoms with Gasteiger partial charge in [0.1, 0.15) is 0 Å². The predicted molar refractivity (Wildman–Crippen MR) is 71.6 cm³/mol. The van der Waals surface area contributed by atoms with E-state index in [1.54, 1.807) is 11.3 Å². The Morgan fingerprint density at radius 2 is 2.12 bits per heavy atom. The first kappa shape index (κ1) is 14.0. The highest BCUT2D eigenvalue weighted by molar-refractivity contribution is 7.09. The van der Waals surface area contributed by atoms with Crippen molar-refractivity contribution < 1.29 is 4.79 Å². The molecule has 1 heterocycles. The molecule has 0 radical (unpaired) electrons. The summed E-state index contributed by atoms with van der Waals surface area (Å²) in [5, 5.41) is 8.67. The van der Waals surface area contributed by atoms with Gasteiger partial charge < -0.3 is 10.6 Å². The van der Waals surface area contributed by atoms with Gasteiger partial charge in [0.25, 0.3) is 0 Å². The zero-order valence-electron chi connectivity index (χ0n) is 11.0. The van der Waals surface area contributed by atoms with Crippen molar-refractivity contribution in [3.63, 3.8) is 0 Å². The number of aromatic nitrogens is 1. The number of carbonyl (C=O) groups is 1. The maximum Gasteiger partial charge on any atom is 0.314 e. The monoisotopic (exact) mass is 255 g/mol. The highest BCUT2D eigenvalue weighted by Crippen LogP contribution is 2.23. The highest BCUT2D eigenvalue weighted by Gasteiger charge is 2.17. The predicted octanol–water partition coefficient (Wildman–Crippen LogP) is 2.30. The van der Waals surface area contributed by atoms with Gasteiger partial charge in [-0.25, -0.2) is 9.78 Å². The Bertz CT molecular complexity index is 368. The first-order valence-electron chi connectivity index (χ1n) is 5.90. The minimum atomic E-state index is -0.111. The number of thiazole rings is 1. The topological polar surface area (TPSA) is 54.0 Å². The fraction of sp³-hybridized carbons (Fsp3) is 0.667. The molecule has 4 nitrogen and oxygen atoms in total.